The van der Waals surface area contributed by atoms with Crippen LogP contribution in [0.5, 0.6) is 5.75 Å². The first kappa shape index (κ1) is 19.2. The van der Waals surface area contributed by atoms with E-state index >= 15 is 0 Å². The zero-order valence-corrected chi connectivity index (χ0v) is 15.8. The van der Waals surface area contributed by atoms with Gasteiger partial charge in [0.25, 0.3) is 0 Å². The quantitative estimate of drug-likeness (QED) is 0.643. The summed E-state index contributed by atoms with van der Waals surface area (Å²) in [6.45, 7) is 13.8. The van der Waals surface area contributed by atoms with E-state index < -0.39 is 8.80 Å². The summed E-state index contributed by atoms with van der Waals surface area (Å²) in [6.07, 6.45) is 0. The van der Waals surface area contributed by atoms with Crippen LogP contribution in [0, 0.1) is 0 Å². The second-order valence-corrected chi connectivity index (χ2v) is 8.60. The van der Waals surface area contributed by atoms with Gasteiger partial charge in [-0.15, -0.1) is 0 Å². The van der Waals surface area contributed by atoms with Crippen LogP contribution in [-0.4, -0.2) is 34.2 Å². The first-order chi connectivity index (χ1) is 10.3. The van der Waals surface area contributed by atoms with Gasteiger partial charge in [0, 0.05) is 25.9 Å². The highest BCUT2D eigenvalue weighted by molar-refractivity contribution is 6.60. The molecular weight excluding hydrogens is 296 g/mol. The molecule has 0 radical (unpaired) electrons. The van der Waals surface area contributed by atoms with Crippen molar-refractivity contribution in [3.63, 3.8) is 0 Å². The van der Waals surface area contributed by atoms with E-state index in [1.807, 2.05) is 53.7 Å². The maximum absolute atomic E-state index is 5.89. The number of benzene rings is 1. The lowest BCUT2D eigenvalue weighted by molar-refractivity contribution is 0.0703. The van der Waals surface area contributed by atoms with Gasteiger partial charge in [-0.1, -0.05) is 12.1 Å². The lowest BCUT2D eigenvalue weighted by Crippen LogP contribution is -2.48. The minimum Gasteiger partial charge on any atom is -0.488 e. The maximum atomic E-state index is 5.89. The molecule has 0 bridgehead atoms. The topological polar surface area (TPSA) is 36.9 Å². The molecule has 0 N–H and O–H groups in total. The van der Waals surface area contributed by atoms with E-state index in [1.54, 1.807) is 0 Å². The molecule has 0 aromatic heterocycles. The zero-order chi connectivity index (χ0) is 16.6. The Balaban J connectivity index is 2.84. The number of ether oxygens (including phenoxy) is 1. The Morgan fingerprint density at radius 3 is 1.64 bits per heavy atom. The van der Waals surface area contributed by atoms with Gasteiger partial charge >= 0.3 is 8.80 Å². The minimum absolute atomic E-state index is 0.192. The number of rotatable bonds is 9. The Bertz CT molecular complexity index is 408. The Morgan fingerprint density at radius 1 is 0.818 bits per heavy atom. The molecule has 1 aromatic rings. The van der Waals surface area contributed by atoms with Crippen molar-refractivity contribution in [2.45, 2.75) is 53.2 Å². The Morgan fingerprint density at radius 2 is 1.27 bits per heavy atom. The average molecular weight is 327 g/mol. The largest absolute Gasteiger partial charge is 0.505 e. The highest BCUT2D eigenvalue weighted by atomic mass is 28.4. The fraction of sp³-hybridized carbons (Fsp3) is 0.647. The van der Waals surface area contributed by atoms with Crippen molar-refractivity contribution in [1.82, 2.24) is 0 Å². The number of hydrogen-bond acceptors (Lipinski definition) is 4. The molecule has 1 aromatic carbocycles. The molecular formula is C17H30O4Si. The molecule has 0 spiro atoms. The van der Waals surface area contributed by atoms with E-state index in [0.29, 0.717) is 25.9 Å². The van der Waals surface area contributed by atoms with Crippen molar-refractivity contribution in [1.29, 1.82) is 0 Å². The Labute approximate surface area is 136 Å². The van der Waals surface area contributed by atoms with E-state index in [1.165, 1.54) is 0 Å². The predicted molar refractivity (Wildman–Crippen MR) is 91.2 cm³/mol. The van der Waals surface area contributed by atoms with Gasteiger partial charge in [0.05, 0.1) is 0 Å². The number of hydrogen-bond donors (Lipinski definition) is 0. The van der Waals surface area contributed by atoms with Crippen LogP contribution in [0.15, 0.2) is 24.3 Å². The lowest BCUT2D eigenvalue weighted by Gasteiger charge is -2.28. The van der Waals surface area contributed by atoms with Crippen molar-refractivity contribution in [3.05, 3.63) is 29.8 Å². The molecule has 0 saturated carbocycles. The van der Waals surface area contributed by atoms with Gasteiger partial charge in [-0.25, -0.2) is 0 Å². The molecule has 0 heterocycles. The molecule has 0 saturated heterocycles. The van der Waals surface area contributed by atoms with Crippen LogP contribution in [0.4, 0.5) is 0 Å². The van der Waals surface area contributed by atoms with Crippen molar-refractivity contribution in [3.8, 4) is 5.75 Å². The van der Waals surface area contributed by atoms with Gasteiger partial charge in [-0.3, -0.25) is 0 Å². The smallest absolute Gasteiger partial charge is 0.488 e. The molecule has 0 aliphatic rings. The second kappa shape index (κ2) is 8.67. The first-order valence-electron chi connectivity index (χ1n) is 8.04. The maximum Gasteiger partial charge on any atom is 0.505 e. The summed E-state index contributed by atoms with van der Waals surface area (Å²) < 4.78 is 23.5. The third kappa shape index (κ3) is 6.48. The second-order valence-electron chi connectivity index (χ2n) is 6.02. The third-order valence-corrected chi connectivity index (χ3v) is 5.89. The van der Waals surface area contributed by atoms with Crippen molar-refractivity contribution in [2.75, 3.05) is 19.8 Å². The van der Waals surface area contributed by atoms with Crippen LogP contribution in [-0.2, 0) is 19.3 Å². The molecule has 0 fully saturated rings. The van der Waals surface area contributed by atoms with Gasteiger partial charge in [0.15, 0.2) is 0 Å². The molecule has 5 heteroatoms. The summed E-state index contributed by atoms with van der Waals surface area (Å²) in [7, 11) is -2.64. The first-order valence-corrected chi connectivity index (χ1v) is 9.97. The normalized spacial score (nSPS) is 12.5. The molecule has 22 heavy (non-hydrogen) atoms. The Kier molecular flexibility index (Phi) is 7.55. The summed E-state index contributed by atoms with van der Waals surface area (Å²) in [6, 6.07) is 8.77. The zero-order valence-electron chi connectivity index (χ0n) is 14.8. The monoisotopic (exact) mass is 326 g/mol. The van der Waals surface area contributed by atoms with Crippen molar-refractivity contribution < 1.29 is 18.0 Å². The summed E-state index contributed by atoms with van der Waals surface area (Å²) >= 11 is 0. The summed E-state index contributed by atoms with van der Waals surface area (Å²) in [5, 5.41) is 0. The third-order valence-electron chi connectivity index (χ3n) is 2.86. The molecule has 0 unspecified atom stereocenters. The van der Waals surface area contributed by atoms with Crippen LogP contribution < -0.4 is 4.74 Å². The van der Waals surface area contributed by atoms with Gasteiger partial charge < -0.3 is 18.0 Å². The van der Waals surface area contributed by atoms with Crippen molar-refractivity contribution >= 4 is 8.80 Å². The van der Waals surface area contributed by atoms with Crippen LogP contribution in [0.25, 0.3) is 0 Å². The molecule has 126 valence electrons. The molecule has 0 aliphatic heterocycles. The van der Waals surface area contributed by atoms with Crippen LogP contribution in [0.3, 0.4) is 0 Å². The molecule has 0 atom stereocenters. The molecule has 0 amide bonds. The molecule has 1 rings (SSSR count). The highest BCUT2D eigenvalue weighted by Crippen LogP contribution is 2.22. The van der Waals surface area contributed by atoms with Crippen LogP contribution in [0.2, 0.25) is 0 Å². The lowest BCUT2D eigenvalue weighted by atomic mass is 10.2. The summed E-state index contributed by atoms with van der Waals surface area (Å²) in [5.74, 6) is 0.868. The standard InChI is InChI=1S/C17H30O4Si/c1-7-18-22(19-8-2,20-9-3)14-15-10-12-16(13-11-15)21-17(4,5)6/h10-13H,7-9,14H2,1-6H3. The van der Waals surface area contributed by atoms with Crippen molar-refractivity contribution in [2.24, 2.45) is 0 Å². The van der Waals surface area contributed by atoms with E-state index in [0.717, 1.165) is 11.3 Å². The van der Waals surface area contributed by atoms with Gasteiger partial charge in [-0.2, -0.15) is 0 Å². The SMILES string of the molecule is CCO[Si](Cc1ccc(OC(C)(C)C)cc1)(OCC)OCC. The average Bonchev–Trinajstić information content (AvgIpc) is 2.40. The Hall–Kier alpha value is -0.883. The van der Waals surface area contributed by atoms with Crippen LogP contribution in [0.1, 0.15) is 47.1 Å². The van der Waals surface area contributed by atoms with E-state index in [2.05, 4.69) is 12.1 Å². The molecule has 4 nitrogen and oxygen atoms in total. The van der Waals surface area contributed by atoms with Crippen LogP contribution >= 0.6 is 0 Å². The van der Waals surface area contributed by atoms with Gasteiger partial charge in [0.1, 0.15) is 11.4 Å². The summed E-state index contributed by atoms with van der Waals surface area (Å²) in [4.78, 5) is 0. The highest BCUT2D eigenvalue weighted by Gasteiger charge is 2.40. The summed E-state index contributed by atoms with van der Waals surface area (Å²) in [5.41, 5.74) is 0.949. The van der Waals surface area contributed by atoms with Gasteiger partial charge in [0.2, 0.25) is 0 Å². The fourth-order valence-corrected chi connectivity index (χ4v) is 4.83. The fourth-order valence-electron chi connectivity index (χ4n) is 2.22. The molecule has 0 aliphatic carbocycles. The van der Waals surface area contributed by atoms with E-state index in [9.17, 15) is 0 Å². The predicted octanol–water partition coefficient (Wildman–Crippen LogP) is 3.99. The van der Waals surface area contributed by atoms with Gasteiger partial charge in [-0.05, 0) is 59.2 Å². The van der Waals surface area contributed by atoms with E-state index in [-0.39, 0.29) is 5.60 Å². The van der Waals surface area contributed by atoms with E-state index in [4.69, 9.17) is 18.0 Å². The minimum atomic E-state index is -2.64.